The monoisotopic (exact) mass is 478 g/mol. The Hall–Kier alpha value is -4.50. The van der Waals surface area contributed by atoms with E-state index in [9.17, 15) is 4.39 Å². The Kier molecular flexibility index (Phi) is 5.26. The highest BCUT2D eigenvalue weighted by molar-refractivity contribution is 5.96. The average Bonchev–Trinajstić information content (AvgIpc) is 3.46. The number of pyridine rings is 3. The summed E-state index contributed by atoms with van der Waals surface area (Å²) in [7, 11) is 4.06. The Morgan fingerprint density at radius 3 is 2.61 bits per heavy atom. The van der Waals surface area contributed by atoms with Crippen LogP contribution in [0.2, 0.25) is 0 Å². The molecule has 0 bridgehead atoms. The highest BCUT2D eigenvalue weighted by Crippen LogP contribution is 2.32. The first-order valence-electron chi connectivity index (χ1n) is 11.5. The van der Waals surface area contributed by atoms with Gasteiger partial charge in [-0.25, -0.2) is 19.3 Å². The number of H-pyrrole nitrogens is 2. The number of aryl methyl sites for hydroxylation is 1. The molecule has 0 unspecified atom stereocenters. The van der Waals surface area contributed by atoms with Crippen LogP contribution in [0.15, 0.2) is 61.2 Å². The second-order valence-corrected chi connectivity index (χ2v) is 9.17. The number of rotatable bonds is 5. The molecular formula is C27H23FN8. The summed E-state index contributed by atoms with van der Waals surface area (Å²) in [6.07, 6.45) is 7.19. The molecule has 0 aliphatic carbocycles. The third-order valence-corrected chi connectivity index (χ3v) is 6.02. The predicted octanol–water partition coefficient (Wildman–Crippen LogP) is 5.13. The number of imidazole rings is 1. The van der Waals surface area contributed by atoms with Crippen molar-refractivity contribution >= 4 is 22.2 Å². The van der Waals surface area contributed by atoms with Gasteiger partial charge in [-0.15, -0.1) is 0 Å². The Morgan fingerprint density at radius 1 is 0.917 bits per heavy atom. The van der Waals surface area contributed by atoms with Gasteiger partial charge in [-0.2, -0.15) is 5.10 Å². The number of nitrogens with one attached hydrogen (secondary N) is 2. The summed E-state index contributed by atoms with van der Waals surface area (Å²) < 4.78 is 14.1. The lowest BCUT2D eigenvalue weighted by molar-refractivity contribution is 0.402. The molecule has 178 valence electrons. The molecule has 9 heteroatoms. The van der Waals surface area contributed by atoms with E-state index in [0.717, 1.165) is 50.8 Å². The minimum atomic E-state index is -0.281. The van der Waals surface area contributed by atoms with Gasteiger partial charge in [0.2, 0.25) is 0 Å². The second kappa shape index (κ2) is 8.62. The van der Waals surface area contributed by atoms with E-state index in [0.29, 0.717) is 22.8 Å². The minimum Gasteiger partial charge on any atom is -0.335 e. The topological polar surface area (TPSA) is 99.3 Å². The summed E-state index contributed by atoms with van der Waals surface area (Å²) in [5, 5.41) is 8.27. The highest BCUT2D eigenvalue weighted by Gasteiger charge is 2.17. The largest absolute Gasteiger partial charge is 0.335 e. The van der Waals surface area contributed by atoms with Crippen LogP contribution < -0.4 is 0 Å². The van der Waals surface area contributed by atoms with Crippen molar-refractivity contribution in [3.63, 3.8) is 0 Å². The zero-order valence-corrected chi connectivity index (χ0v) is 20.0. The molecule has 6 rings (SSSR count). The van der Waals surface area contributed by atoms with Gasteiger partial charge >= 0.3 is 0 Å². The molecule has 0 amide bonds. The van der Waals surface area contributed by atoms with E-state index in [1.165, 1.54) is 12.1 Å². The molecule has 36 heavy (non-hydrogen) atoms. The van der Waals surface area contributed by atoms with Crippen molar-refractivity contribution in [2.45, 2.75) is 13.5 Å². The predicted molar refractivity (Wildman–Crippen MR) is 138 cm³/mol. The van der Waals surface area contributed by atoms with Crippen LogP contribution in [0, 0.1) is 12.7 Å². The number of fused-ring (bicyclic) bond motifs is 2. The summed E-state index contributed by atoms with van der Waals surface area (Å²) >= 11 is 0. The highest BCUT2D eigenvalue weighted by atomic mass is 19.1. The van der Waals surface area contributed by atoms with Crippen molar-refractivity contribution < 1.29 is 4.39 Å². The molecule has 8 nitrogen and oxygen atoms in total. The van der Waals surface area contributed by atoms with Gasteiger partial charge in [-0.3, -0.25) is 10.1 Å². The van der Waals surface area contributed by atoms with Gasteiger partial charge < -0.3 is 9.88 Å². The lowest BCUT2D eigenvalue weighted by Gasteiger charge is -2.10. The number of aromatic nitrogens is 7. The second-order valence-electron chi connectivity index (χ2n) is 9.17. The fourth-order valence-electron chi connectivity index (χ4n) is 4.50. The first kappa shape index (κ1) is 22.0. The van der Waals surface area contributed by atoms with Gasteiger partial charge in [0.05, 0.1) is 10.9 Å². The van der Waals surface area contributed by atoms with E-state index in [4.69, 9.17) is 4.98 Å². The van der Waals surface area contributed by atoms with Crippen LogP contribution in [0.25, 0.3) is 56.0 Å². The minimum absolute atomic E-state index is 0.281. The van der Waals surface area contributed by atoms with Gasteiger partial charge in [0.1, 0.15) is 11.5 Å². The maximum Gasteiger partial charge on any atom is 0.181 e. The molecule has 6 aromatic rings. The first-order chi connectivity index (χ1) is 17.4. The molecule has 0 aliphatic rings. The van der Waals surface area contributed by atoms with Gasteiger partial charge in [-0.1, -0.05) is 6.07 Å². The summed E-state index contributed by atoms with van der Waals surface area (Å²) in [5.41, 5.74) is 8.02. The number of halogens is 1. The Balaban J connectivity index is 1.45. The smallest absolute Gasteiger partial charge is 0.181 e. The molecule has 0 saturated heterocycles. The van der Waals surface area contributed by atoms with Crippen LogP contribution in [-0.2, 0) is 6.54 Å². The van der Waals surface area contributed by atoms with E-state index in [-0.39, 0.29) is 5.82 Å². The quantitative estimate of drug-likeness (QED) is 0.356. The first-order valence-corrected chi connectivity index (χ1v) is 11.5. The SMILES string of the molecule is Cc1cc(F)cc(-c2ccnc3nc(-c4[nH]nc5ncc(-c6cncc(CN(C)C)c6)cc45)[nH]c23)c1. The molecule has 0 spiro atoms. The normalized spacial score (nSPS) is 11.7. The summed E-state index contributed by atoms with van der Waals surface area (Å²) in [6, 6.07) is 11.0. The zero-order valence-electron chi connectivity index (χ0n) is 20.0. The molecule has 0 aliphatic heterocycles. The summed E-state index contributed by atoms with van der Waals surface area (Å²) in [4.78, 5) is 23.6. The molecule has 2 N–H and O–H groups in total. The lowest BCUT2D eigenvalue weighted by Crippen LogP contribution is -2.10. The van der Waals surface area contributed by atoms with Crippen LogP contribution in [0.4, 0.5) is 4.39 Å². The van der Waals surface area contributed by atoms with Gasteiger partial charge in [0.15, 0.2) is 17.1 Å². The fourth-order valence-corrected chi connectivity index (χ4v) is 4.50. The Bertz CT molecular complexity index is 1710. The fraction of sp³-hybridized carbons (Fsp3) is 0.148. The van der Waals surface area contributed by atoms with Crippen LogP contribution in [-0.4, -0.2) is 54.1 Å². The van der Waals surface area contributed by atoms with Crippen molar-refractivity contribution in [1.29, 1.82) is 0 Å². The average molecular weight is 479 g/mol. The van der Waals surface area contributed by atoms with E-state index in [2.05, 4.69) is 41.1 Å². The molecule has 0 radical (unpaired) electrons. The van der Waals surface area contributed by atoms with E-state index >= 15 is 0 Å². The Morgan fingerprint density at radius 2 is 1.78 bits per heavy atom. The molecule has 0 atom stereocenters. The van der Waals surface area contributed by atoms with Crippen molar-refractivity contribution in [2.75, 3.05) is 14.1 Å². The number of nitrogens with zero attached hydrogens (tertiary/aromatic N) is 6. The molecule has 5 aromatic heterocycles. The van der Waals surface area contributed by atoms with Crippen molar-refractivity contribution in [2.24, 2.45) is 0 Å². The number of aromatic amines is 2. The van der Waals surface area contributed by atoms with Crippen molar-refractivity contribution in [3.8, 4) is 33.8 Å². The summed E-state index contributed by atoms with van der Waals surface area (Å²) in [6.45, 7) is 2.67. The molecule has 5 heterocycles. The van der Waals surface area contributed by atoms with E-state index in [1.807, 2.05) is 51.6 Å². The third-order valence-electron chi connectivity index (χ3n) is 6.02. The molecular weight excluding hydrogens is 455 g/mol. The van der Waals surface area contributed by atoms with Gasteiger partial charge in [0.25, 0.3) is 0 Å². The lowest BCUT2D eigenvalue weighted by atomic mass is 10.0. The van der Waals surface area contributed by atoms with Crippen LogP contribution in [0.5, 0.6) is 0 Å². The van der Waals surface area contributed by atoms with E-state index in [1.54, 1.807) is 12.4 Å². The van der Waals surface area contributed by atoms with Crippen LogP contribution in [0.3, 0.4) is 0 Å². The summed E-state index contributed by atoms with van der Waals surface area (Å²) in [5.74, 6) is 0.302. The number of hydrogen-bond donors (Lipinski definition) is 2. The van der Waals surface area contributed by atoms with E-state index < -0.39 is 0 Å². The zero-order chi connectivity index (χ0) is 24.8. The van der Waals surface area contributed by atoms with Crippen molar-refractivity contribution in [3.05, 3.63) is 78.1 Å². The standard InChI is InChI=1S/C27H23FN8/c1-15-6-17(9-20(28)7-15)21-4-5-30-26-23(21)32-27(33-26)24-22-10-19(13-31-25(22)35-34-24)18-8-16(11-29-12-18)14-36(2)3/h4-13H,14H2,1-3H3,(H,30,32,33)(H,31,34,35). The number of hydrogen-bond acceptors (Lipinski definition) is 6. The molecule has 0 fully saturated rings. The maximum absolute atomic E-state index is 14.1. The molecule has 0 saturated carbocycles. The molecule has 1 aromatic carbocycles. The Labute approximate surface area is 206 Å². The van der Waals surface area contributed by atoms with Crippen molar-refractivity contribution in [1.82, 2.24) is 40.0 Å². The van der Waals surface area contributed by atoms with Gasteiger partial charge in [0, 0.05) is 48.0 Å². The number of benzene rings is 1. The van der Waals surface area contributed by atoms with Gasteiger partial charge in [-0.05, 0) is 68.0 Å². The van der Waals surface area contributed by atoms with Crippen LogP contribution >= 0.6 is 0 Å². The maximum atomic E-state index is 14.1. The van der Waals surface area contributed by atoms with Crippen LogP contribution in [0.1, 0.15) is 11.1 Å². The third kappa shape index (κ3) is 3.99.